The van der Waals surface area contributed by atoms with E-state index in [9.17, 15) is 0 Å². The van der Waals surface area contributed by atoms with Gasteiger partial charge in [-0.05, 0) is 29.3 Å². The van der Waals surface area contributed by atoms with Crippen LogP contribution in [0, 0.1) is 0 Å². The Morgan fingerprint density at radius 3 is 1.82 bits per heavy atom. The van der Waals surface area contributed by atoms with Crippen molar-refractivity contribution in [2.75, 3.05) is 45.8 Å². The third-order valence-corrected chi connectivity index (χ3v) is 6.37. The SMILES string of the molecule is CCN1CCN(N(CC)CC)CC1.c1ccc(COc2ccccc2Cc2ccccc2)cc1. The van der Waals surface area contributed by atoms with E-state index in [2.05, 4.69) is 84.2 Å². The summed E-state index contributed by atoms with van der Waals surface area (Å²) in [6, 6.07) is 29.0. The van der Waals surface area contributed by atoms with Gasteiger partial charge in [-0.3, -0.25) is 0 Å². The molecule has 1 aliphatic rings. The Morgan fingerprint density at radius 1 is 0.676 bits per heavy atom. The Morgan fingerprint density at radius 2 is 1.24 bits per heavy atom. The summed E-state index contributed by atoms with van der Waals surface area (Å²) in [5.41, 5.74) is 3.71. The average Bonchev–Trinajstić information content (AvgIpc) is 2.91. The molecule has 0 unspecified atom stereocenters. The molecule has 0 aliphatic carbocycles. The van der Waals surface area contributed by atoms with Crippen LogP contribution >= 0.6 is 0 Å². The number of benzene rings is 3. The second-order valence-corrected chi connectivity index (χ2v) is 8.57. The van der Waals surface area contributed by atoms with E-state index < -0.39 is 0 Å². The lowest BCUT2D eigenvalue weighted by molar-refractivity contribution is -0.0494. The molecule has 0 bridgehead atoms. The Bertz CT molecular complexity index is 920. The number of hydrogen-bond acceptors (Lipinski definition) is 4. The molecule has 4 nitrogen and oxygen atoms in total. The topological polar surface area (TPSA) is 19.0 Å². The lowest BCUT2D eigenvalue weighted by Gasteiger charge is -2.40. The van der Waals surface area contributed by atoms with Crippen LogP contribution in [-0.4, -0.2) is 60.7 Å². The molecular weight excluding hydrogens is 418 g/mol. The van der Waals surface area contributed by atoms with Gasteiger partial charge in [0, 0.05) is 45.7 Å². The first-order chi connectivity index (χ1) is 16.7. The summed E-state index contributed by atoms with van der Waals surface area (Å²) >= 11 is 0. The van der Waals surface area contributed by atoms with Crippen molar-refractivity contribution in [2.45, 2.75) is 33.8 Å². The molecule has 34 heavy (non-hydrogen) atoms. The Balaban J connectivity index is 0.000000215. The Kier molecular flexibility index (Phi) is 11.1. The minimum Gasteiger partial charge on any atom is -0.489 e. The van der Waals surface area contributed by atoms with Gasteiger partial charge in [0.15, 0.2) is 0 Å². The van der Waals surface area contributed by atoms with Crippen molar-refractivity contribution < 1.29 is 4.74 Å². The van der Waals surface area contributed by atoms with Crippen molar-refractivity contribution in [2.24, 2.45) is 0 Å². The highest BCUT2D eigenvalue weighted by molar-refractivity contribution is 5.37. The van der Waals surface area contributed by atoms with Crippen molar-refractivity contribution in [3.8, 4) is 5.75 Å². The molecule has 182 valence electrons. The Labute approximate surface area is 206 Å². The first-order valence-corrected chi connectivity index (χ1v) is 12.7. The standard InChI is InChI=1S/C20H18O.C10H23N3/c1-3-9-17(10-4-1)15-19-13-7-8-14-20(19)21-16-18-11-5-2-6-12-18;1-4-11-7-9-13(10-8-11)12(5-2)6-3/h1-14H,15-16H2;4-10H2,1-3H3. The minimum absolute atomic E-state index is 0.604. The third kappa shape index (κ3) is 8.28. The van der Waals surface area contributed by atoms with Crippen LogP contribution in [0.1, 0.15) is 37.5 Å². The number of para-hydroxylation sites is 1. The molecular formula is C30H41N3O. The zero-order valence-corrected chi connectivity index (χ0v) is 21.2. The van der Waals surface area contributed by atoms with Crippen LogP contribution in [0.2, 0.25) is 0 Å². The van der Waals surface area contributed by atoms with Gasteiger partial charge < -0.3 is 9.64 Å². The van der Waals surface area contributed by atoms with E-state index in [4.69, 9.17) is 4.74 Å². The average molecular weight is 460 g/mol. The zero-order valence-electron chi connectivity index (χ0n) is 21.2. The van der Waals surface area contributed by atoms with Gasteiger partial charge >= 0.3 is 0 Å². The minimum atomic E-state index is 0.604. The number of ether oxygens (including phenoxy) is 1. The van der Waals surface area contributed by atoms with Crippen molar-refractivity contribution in [3.05, 3.63) is 102 Å². The zero-order chi connectivity index (χ0) is 24.0. The van der Waals surface area contributed by atoms with Gasteiger partial charge in [-0.15, -0.1) is 0 Å². The molecule has 1 aliphatic heterocycles. The highest BCUT2D eigenvalue weighted by atomic mass is 16.5. The number of hydrazine groups is 1. The molecule has 0 atom stereocenters. The highest BCUT2D eigenvalue weighted by Crippen LogP contribution is 2.22. The summed E-state index contributed by atoms with van der Waals surface area (Å²) in [4.78, 5) is 2.51. The van der Waals surface area contributed by atoms with Crippen molar-refractivity contribution >= 4 is 0 Å². The highest BCUT2D eigenvalue weighted by Gasteiger charge is 2.18. The van der Waals surface area contributed by atoms with E-state index in [1.807, 2.05) is 36.4 Å². The molecule has 0 radical (unpaired) electrons. The normalized spacial score (nSPS) is 14.5. The molecule has 3 aromatic rings. The van der Waals surface area contributed by atoms with E-state index in [0.717, 1.165) is 25.3 Å². The van der Waals surface area contributed by atoms with Crippen LogP contribution in [0.25, 0.3) is 0 Å². The lowest BCUT2D eigenvalue weighted by Crippen LogP contribution is -2.53. The maximum Gasteiger partial charge on any atom is 0.123 e. The van der Waals surface area contributed by atoms with Crippen LogP contribution in [0.5, 0.6) is 5.75 Å². The van der Waals surface area contributed by atoms with E-state index in [0.29, 0.717) is 6.61 Å². The number of nitrogens with zero attached hydrogens (tertiary/aromatic N) is 3. The van der Waals surface area contributed by atoms with Crippen LogP contribution in [-0.2, 0) is 13.0 Å². The van der Waals surface area contributed by atoms with Gasteiger partial charge in [-0.25, -0.2) is 10.0 Å². The predicted molar refractivity (Wildman–Crippen MR) is 143 cm³/mol. The van der Waals surface area contributed by atoms with Gasteiger partial charge in [-0.2, -0.15) is 0 Å². The maximum atomic E-state index is 6.00. The van der Waals surface area contributed by atoms with E-state index in [1.165, 1.54) is 49.4 Å². The molecule has 0 spiro atoms. The number of hydrogen-bond donors (Lipinski definition) is 0. The molecule has 0 aromatic heterocycles. The van der Waals surface area contributed by atoms with Crippen molar-refractivity contribution in [1.29, 1.82) is 0 Å². The summed E-state index contributed by atoms with van der Waals surface area (Å²) in [6.07, 6.45) is 0.895. The molecule has 0 saturated carbocycles. The van der Waals surface area contributed by atoms with Crippen molar-refractivity contribution in [3.63, 3.8) is 0 Å². The Hall–Kier alpha value is -2.66. The molecule has 0 amide bonds. The number of likely N-dealkylation sites (N-methyl/N-ethyl adjacent to an activating group) is 1. The van der Waals surface area contributed by atoms with E-state index in [-0.39, 0.29) is 0 Å². The third-order valence-electron chi connectivity index (χ3n) is 6.37. The maximum absolute atomic E-state index is 6.00. The summed E-state index contributed by atoms with van der Waals surface area (Å²) in [5, 5.41) is 4.93. The van der Waals surface area contributed by atoms with E-state index >= 15 is 0 Å². The fourth-order valence-electron chi connectivity index (χ4n) is 4.30. The molecule has 4 heteroatoms. The summed E-state index contributed by atoms with van der Waals surface area (Å²) in [5.74, 6) is 0.963. The van der Waals surface area contributed by atoms with Crippen molar-refractivity contribution in [1.82, 2.24) is 14.9 Å². The monoisotopic (exact) mass is 459 g/mol. The van der Waals surface area contributed by atoms with Gasteiger partial charge in [0.05, 0.1) is 0 Å². The van der Waals surface area contributed by atoms with Crippen LogP contribution in [0.3, 0.4) is 0 Å². The molecule has 0 N–H and O–H groups in total. The summed E-state index contributed by atoms with van der Waals surface area (Å²) in [6.45, 7) is 15.7. The summed E-state index contributed by atoms with van der Waals surface area (Å²) < 4.78 is 6.00. The molecule has 1 heterocycles. The lowest BCUT2D eigenvalue weighted by atomic mass is 10.0. The first kappa shape index (κ1) is 26.0. The first-order valence-electron chi connectivity index (χ1n) is 12.7. The molecule has 1 saturated heterocycles. The molecule has 1 fully saturated rings. The van der Waals surface area contributed by atoms with Crippen LogP contribution in [0.4, 0.5) is 0 Å². The largest absolute Gasteiger partial charge is 0.489 e. The van der Waals surface area contributed by atoms with Crippen LogP contribution < -0.4 is 4.74 Å². The quantitative estimate of drug-likeness (QED) is 0.406. The fourth-order valence-corrected chi connectivity index (χ4v) is 4.30. The van der Waals surface area contributed by atoms with E-state index in [1.54, 1.807) is 0 Å². The van der Waals surface area contributed by atoms with Gasteiger partial charge in [0.25, 0.3) is 0 Å². The van der Waals surface area contributed by atoms with Gasteiger partial charge in [-0.1, -0.05) is 99.6 Å². The number of piperazine rings is 1. The predicted octanol–water partition coefficient (Wildman–Crippen LogP) is 5.74. The summed E-state index contributed by atoms with van der Waals surface area (Å²) in [7, 11) is 0. The second kappa shape index (κ2) is 14.6. The van der Waals surface area contributed by atoms with Gasteiger partial charge in [0.2, 0.25) is 0 Å². The number of rotatable bonds is 9. The molecule has 3 aromatic carbocycles. The second-order valence-electron chi connectivity index (χ2n) is 8.57. The van der Waals surface area contributed by atoms with Crippen LogP contribution in [0.15, 0.2) is 84.9 Å². The fraction of sp³-hybridized carbons (Fsp3) is 0.400. The molecule has 4 rings (SSSR count). The smallest absolute Gasteiger partial charge is 0.123 e. The van der Waals surface area contributed by atoms with Gasteiger partial charge in [0.1, 0.15) is 12.4 Å².